The number of amides is 3. The number of rotatable bonds is 4. The Labute approximate surface area is 156 Å². The quantitative estimate of drug-likeness (QED) is 0.801. The van der Waals surface area contributed by atoms with E-state index in [0.29, 0.717) is 44.5 Å². The highest BCUT2D eigenvalue weighted by atomic mass is 19.1. The average molecular weight is 377 g/mol. The van der Waals surface area contributed by atoms with Crippen molar-refractivity contribution in [3.8, 4) is 0 Å². The Balaban J connectivity index is 1.61. The van der Waals surface area contributed by atoms with Gasteiger partial charge in [-0.15, -0.1) is 0 Å². The summed E-state index contributed by atoms with van der Waals surface area (Å²) in [4.78, 5) is 38.9. The van der Waals surface area contributed by atoms with E-state index >= 15 is 0 Å². The molecule has 3 rings (SSSR count). The number of nitrogens with zero attached hydrogens (tertiary/aromatic N) is 2. The van der Waals surface area contributed by atoms with Gasteiger partial charge in [-0.1, -0.05) is 12.1 Å². The summed E-state index contributed by atoms with van der Waals surface area (Å²) in [5.74, 6) is -1.43. The molecular formula is C19H24FN3O4. The maximum absolute atomic E-state index is 13.0. The summed E-state index contributed by atoms with van der Waals surface area (Å²) >= 11 is 0. The molecule has 2 aliphatic heterocycles. The molecule has 2 heterocycles. The lowest BCUT2D eigenvalue weighted by atomic mass is 9.72. The van der Waals surface area contributed by atoms with E-state index in [2.05, 4.69) is 0 Å². The predicted octanol–water partition coefficient (Wildman–Crippen LogP) is 0.576. The van der Waals surface area contributed by atoms with Crippen molar-refractivity contribution >= 4 is 17.7 Å². The van der Waals surface area contributed by atoms with E-state index < -0.39 is 23.7 Å². The van der Waals surface area contributed by atoms with E-state index in [0.717, 1.165) is 6.42 Å². The molecule has 0 aromatic heterocycles. The van der Waals surface area contributed by atoms with E-state index in [-0.39, 0.29) is 17.9 Å². The molecule has 0 bridgehead atoms. The van der Waals surface area contributed by atoms with Gasteiger partial charge in [-0.05, 0) is 42.4 Å². The van der Waals surface area contributed by atoms with Gasteiger partial charge in [0.05, 0.1) is 6.54 Å². The maximum atomic E-state index is 13.0. The van der Waals surface area contributed by atoms with Crippen LogP contribution in [0.25, 0.3) is 0 Å². The van der Waals surface area contributed by atoms with Gasteiger partial charge in [0.25, 0.3) is 5.91 Å². The van der Waals surface area contributed by atoms with Crippen LogP contribution in [0.15, 0.2) is 24.3 Å². The van der Waals surface area contributed by atoms with Crippen LogP contribution in [-0.4, -0.2) is 58.8 Å². The number of carbonyl (C=O) groups excluding carboxylic acids is 3. The van der Waals surface area contributed by atoms with E-state index in [9.17, 15) is 23.9 Å². The lowest BCUT2D eigenvalue weighted by Gasteiger charge is -2.47. The van der Waals surface area contributed by atoms with Crippen molar-refractivity contribution in [2.24, 2.45) is 11.1 Å². The number of hydrogen-bond donors (Lipinski definition) is 2. The summed E-state index contributed by atoms with van der Waals surface area (Å²) in [6, 6.07) is 5.22. The second-order valence-electron chi connectivity index (χ2n) is 7.50. The Morgan fingerprint density at radius 3 is 2.41 bits per heavy atom. The van der Waals surface area contributed by atoms with Crippen molar-refractivity contribution in [3.05, 3.63) is 35.6 Å². The fourth-order valence-electron chi connectivity index (χ4n) is 4.00. The second-order valence-corrected chi connectivity index (χ2v) is 7.50. The molecule has 27 heavy (non-hydrogen) atoms. The Bertz CT molecular complexity index is 729. The van der Waals surface area contributed by atoms with Crippen molar-refractivity contribution in [3.63, 3.8) is 0 Å². The first kappa shape index (κ1) is 19.3. The third-order valence-electron chi connectivity index (χ3n) is 5.65. The Morgan fingerprint density at radius 1 is 1.19 bits per heavy atom. The highest BCUT2D eigenvalue weighted by Crippen LogP contribution is 2.40. The number of hydrogen-bond acceptors (Lipinski definition) is 4. The topological polar surface area (TPSA) is 104 Å². The zero-order valence-electron chi connectivity index (χ0n) is 15.1. The highest BCUT2D eigenvalue weighted by Gasteiger charge is 2.42. The summed E-state index contributed by atoms with van der Waals surface area (Å²) in [7, 11) is 0. The monoisotopic (exact) mass is 377 g/mol. The molecule has 146 valence electrons. The molecule has 1 aromatic rings. The number of primary amides is 1. The zero-order chi connectivity index (χ0) is 19.6. The Hall–Kier alpha value is -2.48. The summed E-state index contributed by atoms with van der Waals surface area (Å²) in [5.41, 5.74) is 5.46. The zero-order valence-corrected chi connectivity index (χ0v) is 15.1. The molecule has 1 spiro atoms. The van der Waals surface area contributed by atoms with Gasteiger partial charge in [0.15, 0.2) is 6.10 Å². The fraction of sp³-hybridized carbons (Fsp3) is 0.526. The summed E-state index contributed by atoms with van der Waals surface area (Å²) < 4.78 is 13.0. The molecule has 0 radical (unpaired) electrons. The minimum absolute atomic E-state index is 0.0651. The minimum Gasteiger partial charge on any atom is -0.378 e. The molecule has 3 amide bonds. The molecular weight excluding hydrogens is 353 g/mol. The maximum Gasteiger partial charge on any atom is 0.256 e. The van der Waals surface area contributed by atoms with Crippen LogP contribution in [-0.2, 0) is 14.4 Å². The SMILES string of the molecule is NC(=O)CN1CC2(CCC1=O)CCN(C(=O)[C@@H](O)c1ccc(F)cc1)CC2. The first-order valence-electron chi connectivity index (χ1n) is 9.08. The largest absolute Gasteiger partial charge is 0.378 e. The second kappa shape index (κ2) is 7.64. The number of likely N-dealkylation sites (tertiary alicyclic amines) is 2. The van der Waals surface area contributed by atoms with Crippen molar-refractivity contribution < 1.29 is 23.9 Å². The van der Waals surface area contributed by atoms with Crippen molar-refractivity contribution in [1.82, 2.24) is 9.80 Å². The van der Waals surface area contributed by atoms with Crippen LogP contribution in [0.3, 0.4) is 0 Å². The van der Waals surface area contributed by atoms with Gasteiger partial charge >= 0.3 is 0 Å². The molecule has 0 unspecified atom stereocenters. The molecule has 2 fully saturated rings. The number of aliphatic hydroxyl groups is 1. The van der Waals surface area contributed by atoms with Crippen molar-refractivity contribution in [1.29, 1.82) is 0 Å². The lowest BCUT2D eigenvalue weighted by molar-refractivity contribution is -0.148. The van der Waals surface area contributed by atoms with Gasteiger partial charge in [-0.25, -0.2) is 4.39 Å². The van der Waals surface area contributed by atoms with Crippen LogP contribution in [0.5, 0.6) is 0 Å². The number of benzene rings is 1. The average Bonchev–Trinajstić information content (AvgIpc) is 2.65. The van der Waals surface area contributed by atoms with Gasteiger partial charge in [-0.3, -0.25) is 14.4 Å². The van der Waals surface area contributed by atoms with Crippen LogP contribution in [0.2, 0.25) is 0 Å². The van der Waals surface area contributed by atoms with Gasteiger partial charge in [0.2, 0.25) is 11.8 Å². The normalized spacial score (nSPS) is 20.6. The molecule has 1 aromatic carbocycles. The predicted molar refractivity (Wildman–Crippen MR) is 94.6 cm³/mol. The number of nitrogens with two attached hydrogens (primary N) is 1. The number of piperidine rings is 2. The van der Waals surface area contributed by atoms with Gasteiger partial charge in [0, 0.05) is 26.1 Å². The molecule has 1 atom stereocenters. The van der Waals surface area contributed by atoms with Crippen LogP contribution >= 0.6 is 0 Å². The molecule has 2 aliphatic rings. The standard InChI is InChI=1S/C19H24FN3O4/c20-14-3-1-13(2-4-14)17(26)18(27)22-9-7-19(8-10-22)6-5-16(25)23(12-19)11-15(21)24/h1-4,17,26H,5-12H2,(H2,21,24)/t17-/m0/s1. The number of aliphatic hydroxyl groups excluding tert-OH is 1. The van der Waals surface area contributed by atoms with Crippen LogP contribution in [0.1, 0.15) is 37.4 Å². The van der Waals surface area contributed by atoms with Crippen molar-refractivity contribution in [2.75, 3.05) is 26.2 Å². The molecule has 3 N–H and O–H groups in total. The van der Waals surface area contributed by atoms with Crippen molar-refractivity contribution in [2.45, 2.75) is 31.8 Å². The number of carbonyl (C=O) groups is 3. The molecule has 7 nitrogen and oxygen atoms in total. The third-order valence-corrected chi connectivity index (χ3v) is 5.65. The van der Waals surface area contributed by atoms with Crippen LogP contribution in [0.4, 0.5) is 4.39 Å². The van der Waals surface area contributed by atoms with Crippen LogP contribution in [0, 0.1) is 11.2 Å². The molecule has 8 heteroatoms. The molecule has 0 saturated carbocycles. The Morgan fingerprint density at radius 2 is 1.81 bits per heavy atom. The molecule has 0 aliphatic carbocycles. The minimum atomic E-state index is -1.32. The lowest BCUT2D eigenvalue weighted by Crippen LogP contribution is -2.54. The first-order valence-corrected chi connectivity index (χ1v) is 9.08. The first-order chi connectivity index (χ1) is 12.8. The van der Waals surface area contributed by atoms with E-state index in [1.54, 1.807) is 4.90 Å². The van der Waals surface area contributed by atoms with E-state index in [4.69, 9.17) is 5.73 Å². The summed E-state index contributed by atoms with van der Waals surface area (Å²) in [5, 5.41) is 10.3. The summed E-state index contributed by atoms with van der Waals surface area (Å²) in [6.07, 6.45) is 1.16. The highest BCUT2D eigenvalue weighted by molar-refractivity contribution is 5.84. The smallest absolute Gasteiger partial charge is 0.256 e. The Kier molecular flexibility index (Phi) is 5.46. The third kappa shape index (κ3) is 4.27. The summed E-state index contributed by atoms with van der Waals surface area (Å²) in [6.45, 7) is 1.33. The molecule has 2 saturated heterocycles. The van der Waals surface area contributed by atoms with Crippen LogP contribution < -0.4 is 5.73 Å². The van der Waals surface area contributed by atoms with Gasteiger partial charge < -0.3 is 20.6 Å². The van der Waals surface area contributed by atoms with Gasteiger partial charge in [0.1, 0.15) is 5.82 Å². The fourth-order valence-corrected chi connectivity index (χ4v) is 4.00. The van der Waals surface area contributed by atoms with Gasteiger partial charge in [-0.2, -0.15) is 0 Å². The van der Waals surface area contributed by atoms with E-state index in [1.165, 1.54) is 29.2 Å². The number of halogens is 1. The van der Waals surface area contributed by atoms with E-state index in [1.807, 2.05) is 0 Å².